The van der Waals surface area contributed by atoms with Gasteiger partial charge in [-0.05, 0) is 35.0 Å². The third-order valence-corrected chi connectivity index (χ3v) is 2.84. The first-order chi connectivity index (χ1) is 8.29. The summed E-state index contributed by atoms with van der Waals surface area (Å²) in [5.74, 6) is 0.947. The van der Waals surface area contributed by atoms with Crippen molar-refractivity contribution in [2.24, 2.45) is 0 Å². The first kappa shape index (κ1) is 12.2. The van der Waals surface area contributed by atoms with Crippen molar-refractivity contribution >= 4 is 15.9 Å². The van der Waals surface area contributed by atoms with Crippen molar-refractivity contribution in [2.45, 2.75) is 26.6 Å². The molecule has 1 N–H and O–H groups in total. The average Bonchev–Trinajstić information content (AvgIpc) is 2.77. The predicted octanol–water partition coefficient (Wildman–Crippen LogP) is 1.75. The molecular formula is C11H14BrN5. The van der Waals surface area contributed by atoms with Crippen molar-refractivity contribution in [3.8, 4) is 0 Å². The molecule has 0 saturated carbocycles. The van der Waals surface area contributed by atoms with Gasteiger partial charge in [0, 0.05) is 13.1 Å². The second-order valence-electron chi connectivity index (χ2n) is 3.59. The monoisotopic (exact) mass is 295 g/mol. The molecule has 0 saturated heterocycles. The van der Waals surface area contributed by atoms with E-state index in [0.29, 0.717) is 6.54 Å². The Balaban J connectivity index is 1.87. The van der Waals surface area contributed by atoms with Crippen LogP contribution in [0.15, 0.2) is 29.1 Å². The highest BCUT2D eigenvalue weighted by Crippen LogP contribution is 2.06. The minimum Gasteiger partial charge on any atom is -0.317 e. The van der Waals surface area contributed by atoms with Crippen LogP contribution in [0.4, 0.5) is 0 Å². The van der Waals surface area contributed by atoms with Gasteiger partial charge in [0.05, 0.1) is 12.2 Å². The summed E-state index contributed by atoms with van der Waals surface area (Å²) < 4.78 is 2.87. The van der Waals surface area contributed by atoms with Crippen LogP contribution in [0.2, 0.25) is 0 Å². The number of rotatable bonds is 5. The van der Waals surface area contributed by atoms with Crippen LogP contribution in [0, 0.1) is 0 Å². The van der Waals surface area contributed by atoms with E-state index in [0.717, 1.165) is 29.2 Å². The van der Waals surface area contributed by atoms with Crippen molar-refractivity contribution in [3.05, 3.63) is 40.6 Å². The summed E-state index contributed by atoms with van der Waals surface area (Å²) in [5, 5.41) is 11.2. The zero-order chi connectivity index (χ0) is 12.1. The standard InChI is InChI=1S/C11H14BrN5/c1-2-17-8-14-16-11(17)7-13-6-9-4-3-5-10(12)15-9/h3-5,8,13H,2,6-7H2,1H3. The molecule has 0 bridgehead atoms. The van der Waals surface area contributed by atoms with E-state index >= 15 is 0 Å². The Kier molecular flexibility index (Phi) is 4.22. The molecule has 2 heterocycles. The van der Waals surface area contributed by atoms with E-state index in [1.165, 1.54) is 0 Å². The van der Waals surface area contributed by atoms with Crippen LogP contribution in [0.3, 0.4) is 0 Å². The lowest BCUT2D eigenvalue weighted by atomic mass is 10.3. The van der Waals surface area contributed by atoms with Crippen molar-refractivity contribution in [1.29, 1.82) is 0 Å². The molecule has 0 aromatic carbocycles. The normalized spacial score (nSPS) is 10.7. The number of nitrogens with one attached hydrogen (secondary N) is 1. The summed E-state index contributed by atoms with van der Waals surface area (Å²) >= 11 is 3.35. The highest BCUT2D eigenvalue weighted by atomic mass is 79.9. The van der Waals surface area contributed by atoms with Crippen LogP contribution >= 0.6 is 15.9 Å². The molecule has 2 rings (SSSR count). The second-order valence-corrected chi connectivity index (χ2v) is 4.40. The van der Waals surface area contributed by atoms with Gasteiger partial charge in [-0.15, -0.1) is 10.2 Å². The van der Waals surface area contributed by atoms with Gasteiger partial charge in [-0.2, -0.15) is 0 Å². The van der Waals surface area contributed by atoms with Crippen molar-refractivity contribution in [2.75, 3.05) is 0 Å². The molecule has 0 amide bonds. The van der Waals surface area contributed by atoms with Gasteiger partial charge in [0.1, 0.15) is 16.8 Å². The third kappa shape index (κ3) is 3.34. The third-order valence-electron chi connectivity index (χ3n) is 2.40. The fourth-order valence-corrected chi connectivity index (χ4v) is 1.91. The second kappa shape index (κ2) is 5.88. The topological polar surface area (TPSA) is 55.6 Å². The smallest absolute Gasteiger partial charge is 0.146 e. The lowest BCUT2D eigenvalue weighted by Gasteiger charge is -2.05. The molecule has 0 unspecified atom stereocenters. The molecule has 5 nitrogen and oxygen atoms in total. The van der Waals surface area contributed by atoms with Gasteiger partial charge in [-0.25, -0.2) is 4.98 Å². The Morgan fingerprint density at radius 3 is 3.00 bits per heavy atom. The maximum absolute atomic E-state index is 4.35. The molecule has 0 aliphatic carbocycles. The van der Waals surface area contributed by atoms with E-state index in [9.17, 15) is 0 Å². The van der Waals surface area contributed by atoms with Gasteiger partial charge in [0.25, 0.3) is 0 Å². The van der Waals surface area contributed by atoms with Gasteiger partial charge < -0.3 is 9.88 Å². The molecule has 17 heavy (non-hydrogen) atoms. The molecule has 2 aromatic heterocycles. The van der Waals surface area contributed by atoms with Crippen LogP contribution in [0.25, 0.3) is 0 Å². The number of halogens is 1. The Hall–Kier alpha value is -1.27. The lowest BCUT2D eigenvalue weighted by Crippen LogP contribution is -2.17. The molecule has 0 aliphatic rings. The lowest BCUT2D eigenvalue weighted by molar-refractivity contribution is 0.606. The van der Waals surface area contributed by atoms with Gasteiger partial charge in [-0.3, -0.25) is 0 Å². The first-order valence-corrected chi connectivity index (χ1v) is 6.27. The summed E-state index contributed by atoms with van der Waals surface area (Å²) in [5.41, 5.74) is 1.00. The summed E-state index contributed by atoms with van der Waals surface area (Å²) in [7, 11) is 0. The van der Waals surface area contributed by atoms with Gasteiger partial charge in [0.2, 0.25) is 0 Å². The van der Waals surface area contributed by atoms with Crippen LogP contribution in [0.1, 0.15) is 18.4 Å². The number of pyridine rings is 1. The van der Waals surface area contributed by atoms with E-state index in [1.54, 1.807) is 6.33 Å². The molecule has 2 aromatic rings. The average molecular weight is 296 g/mol. The minimum atomic E-state index is 0.696. The minimum absolute atomic E-state index is 0.696. The van der Waals surface area contributed by atoms with E-state index in [4.69, 9.17) is 0 Å². The number of hydrogen-bond donors (Lipinski definition) is 1. The number of aryl methyl sites for hydroxylation is 1. The Morgan fingerprint density at radius 1 is 1.35 bits per heavy atom. The molecule has 0 radical (unpaired) electrons. The van der Waals surface area contributed by atoms with Crippen molar-refractivity contribution in [1.82, 2.24) is 25.1 Å². The zero-order valence-electron chi connectivity index (χ0n) is 9.60. The van der Waals surface area contributed by atoms with Crippen LogP contribution in [0.5, 0.6) is 0 Å². The van der Waals surface area contributed by atoms with E-state index in [-0.39, 0.29) is 0 Å². The SMILES string of the molecule is CCn1cnnc1CNCc1cccc(Br)n1. The predicted molar refractivity (Wildman–Crippen MR) is 68.2 cm³/mol. The van der Waals surface area contributed by atoms with Crippen LogP contribution in [-0.4, -0.2) is 19.7 Å². The molecule has 0 atom stereocenters. The number of aromatic nitrogens is 4. The molecule has 90 valence electrons. The molecule has 6 heteroatoms. The van der Waals surface area contributed by atoms with Gasteiger partial charge in [0.15, 0.2) is 0 Å². The van der Waals surface area contributed by atoms with E-state index in [1.807, 2.05) is 22.8 Å². The molecular weight excluding hydrogens is 282 g/mol. The fraction of sp³-hybridized carbons (Fsp3) is 0.364. The summed E-state index contributed by atoms with van der Waals surface area (Å²) in [6.07, 6.45) is 1.74. The van der Waals surface area contributed by atoms with Crippen molar-refractivity contribution in [3.63, 3.8) is 0 Å². The van der Waals surface area contributed by atoms with E-state index in [2.05, 4.69) is 43.4 Å². The Morgan fingerprint density at radius 2 is 2.24 bits per heavy atom. The fourth-order valence-electron chi connectivity index (χ4n) is 1.53. The number of hydrogen-bond acceptors (Lipinski definition) is 4. The van der Waals surface area contributed by atoms with Crippen molar-refractivity contribution < 1.29 is 0 Å². The highest BCUT2D eigenvalue weighted by molar-refractivity contribution is 9.10. The van der Waals surface area contributed by atoms with Gasteiger partial charge in [-0.1, -0.05) is 6.07 Å². The Labute approximate surface area is 108 Å². The van der Waals surface area contributed by atoms with E-state index < -0.39 is 0 Å². The Bertz CT molecular complexity index is 482. The molecule has 0 aliphatic heterocycles. The van der Waals surface area contributed by atoms with Crippen LogP contribution < -0.4 is 5.32 Å². The van der Waals surface area contributed by atoms with Gasteiger partial charge >= 0.3 is 0 Å². The van der Waals surface area contributed by atoms with Crippen LogP contribution in [-0.2, 0) is 19.6 Å². The molecule has 0 spiro atoms. The number of nitrogens with zero attached hydrogens (tertiary/aromatic N) is 4. The largest absolute Gasteiger partial charge is 0.317 e. The quantitative estimate of drug-likeness (QED) is 0.854. The summed E-state index contributed by atoms with van der Waals surface area (Å²) in [6, 6.07) is 5.88. The summed E-state index contributed by atoms with van der Waals surface area (Å²) in [6.45, 7) is 4.37. The highest BCUT2D eigenvalue weighted by Gasteiger charge is 2.02. The summed E-state index contributed by atoms with van der Waals surface area (Å²) in [4.78, 5) is 4.35. The molecule has 0 fully saturated rings. The first-order valence-electron chi connectivity index (χ1n) is 5.48. The maximum Gasteiger partial charge on any atom is 0.146 e. The zero-order valence-corrected chi connectivity index (χ0v) is 11.2. The maximum atomic E-state index is 4.35.